The molecule has 0 heterocycles. The van der Waals surface area contributed by atoms with Crippen molar-refractivity contribution in [2.75, 3.05) is 7.05 Å². The van der Waals surface area contributed by atoms with Crippen LogP contribution in [0.1, 0.15) is 52.2 Å². The van der Waals surface area contributed by atoms with Gasteiger partial charge in [-0.15, -0.1) is 0 Å². The van der Waals surface area contributed by atoms with Crippen molar-refractivity contribution in [1.29, 1.82) is 0 Å². The van der Waals surface area contributed by atoms with Crippen molar-refractivity contribution >= 4 is 5.91 Å². The third kappa shape index (κ3) is 5.33. The largest absolute Gasteiger partial charge is 0.341 e. The summed E-state index contributed by atoms with van der Waals surface area (Å²) in [6, 6.07) is 8.47. The van der Waals surface area contributed by atoms with Gasteiger partial charge in [-0.25, -0.2) is 0 Å². The molecular weight excluding hydrogens is 248 g/mol. The molecule has 3 nitrogen and oxygen atoms in total. The Hall–Kier alpha value is -1.35. The highest BCUT2D eigenvalue weighted by molar-refractivity contribution is 5.77. The van der Waals surface area contributed by atoms with Gasteiger partial charge in [0.2, 0.25) is 5.91 Å². The number of nitrogens with zero attached hydrogens (tertiary/aromatic N) is 1. The van der Waals surface area contributed by atoms with E-state index >= 15 is 0 Å². The zero-order valence-electron chi connectivity index (χ0n) is 13.7. The van der Waals surface area contributed by atoms with Crippen LogP contribution in [0.3, 0.4) is 0 Å². The van der Waals surface area contributed by atoms with Crippen LogP contribution in [0.2, 0.25) is 0 Å². The molecule has 0 aliphatic carbocycles. The van der Waals surface area contributed by atoms with E-state index in [-0.39, 0.29) is 11.3 Å². The Kier molecular flexibility index (Phi) is 4.98. The lowest BCUT2D eigenvalue weighted by Gasteiger charge is -2.24. The summed E-state index contributed by atoms with van der Waals surface area (Å²) in [7, 11) is 1.83. The lowest BCUT2D eigenvalue weighted by atomic mass is 9.87. The standard InChI is InChI=1S/C17H28N2O/c1-16(2,3)14-9-7-13(8-10-14)12-19(6)15(20)11-17(4,5)18/h7-10H,11-12,18H2,1-6H3. The van der Waals surface area contributed by atoms with Crippen molar-refractivity contribution < 1.29 is 4.79 Å². The van der Waals surface area contributed by atoms with Crippen LogP contribution in [0, 0.1) is 0 Å². The SMILES string of the molecule is CN(Cc1ccc(C(C)(C)C)cc1)C(=O)CC(C)(C)N. The van der Waals surface area contributed by atoms with Gasteiger partial charge >= 0.3 is 0 Å². The van der Waals surface area contributed by atoms with Gasteiger partial charge < -0.3 is 10.6 Å². The molecule has 0 radical (unpaired) electrons. The quantitative estimate of drug-likeness (QED) is 0.918. The molecule has 2 N–H and O–H groups in total. The van der Waals surface area contributed by atoms with E-state index in [1.807, 2.05) is 20.9 Å². The van der Waals surface area contributed by atoms with Crippen LogP contribution >= 0.6 is 0 Å². The van der Waals surface area contributed by atoms with Crippen LogP contribution in [-0.4, -0.2) is 23.4 Å². The molecule has 1 aromatic carbocycles. The fourth-order valence-corrected chi connectivity index (χ4v) is 2.00. The smallest absolute Gasteiger partial charge is 0.224 e. The van der Waals surface area contributed by atoms with Gasteiger partial charge in [-0.05, 0) is 30.4 Å². The summed E-state index contributed by atoms with van der Waals surface area (Å²) in [5.74, 6) is 0.0809. The summed E-state index contributed by atoms with van der Waals surface area (Å²) in [5, 5.41) is 0. The van der Waals surface area contributed by atoms with Crippen molar-refractivity contribution in [3.8, 4) is 0 Å². The highest BCUT2D eigenvalue weighted by Gasteiger charge is 2.19. The third-order valence-corrected chi connectivity index (χ3v) is 3.27. The van der Waals surface area contributed by atoms with Gasteiger partial charge in [0.25, 0.3) is 0 Å². The van der Waals surface area contributed by atoms with E-state index in [0.29, 0.717) is 13.0 Å². The Bertz CT molecular complexity index is 449. The number of rotatable bonds is 4. The number of amides is 1. The van der Waals surface area contributed by atoms with Crippen molar-refractivity contribution in [1.82, 2.24) is 4.90 Å². The summed E-state index contributed by atoms with van der Waals surface area (Å²) in [4.78, 5) is 13.8. The summed E-state index contributed by atoms with van der Waals surface area (Å²) < 4.78 is 0. The van der Waals surface area contributed by atoms with Crippen LogP contribution in [0.4, 0.5) is 0 Å². The molecule has 1 amide bonds. The lowest BCUT2D eigenvalue weighted by molar-refractivity contribution is -0.131. The Labute approximate surface area is 123 Å². The normalized spacial score (nSPS) is 12.3. The second-order valence-corrected chi connectivity index (χ2v) is 7.36. The van der Waals surface area contributed by atoms with Gasteiger partial charge in [-0.1, -0.05) is 45.0 Å². The molecule has 0 aromatic heterocycles. The van der Waals surface area contributed by atoms with Crippen LogP contribution < -0.4 is 5.73 Å². The van der Waals surface area contributed by atoms with E-state index in [4.69, 9.17) is 5.73 Å². The van der Waals surface area contributed by atoms with Crippen LogP contribution in [0.5, 0.6) is 0 Å². The Morgan fingerprint density at radius 2 is 1.60 bits per heavy atom. The Morgan fingerprint density at radius 1 is 1.10 bits per heavy atom. The first kappa shape index (κ1) is 16.7. The van der Waals surface area contributed by atoms with E-state index in [2.05, 4.69) is 45.0 Å². The zero-order chi connectivity index (χ0) is 15.6. The van der Waals surface area contributed by atoms with Gasteiger partial charge in [0, 0.05) is 25.6 Å². The predicted octanol–water partition coefficient (Wildman–Crippen LogP) is 3.07. The number of carbonyl (C=O) groups excluding carboxylic acids is 1. The van der Waals surface area contributed by atoms with E-state index in [1.54, 1.807) is 4.90 Å². The van der Waals surface area contributed by atoms with Gasteiger partial charge in [-0.2, -0.15) is 0 Å². The molecule has 112 valence electrons. The van der Waals surface area contributed by atoms with Crippen LogP contribution in [0.25, 0.3) is 0 Å². The highest BCUT2D eigenvalue weighted by atomic mass is 16.2. The molecule has 20 heavy (non-hydrogen) atoms. The Morgan fingerprint density at radius 3 is 2.00 bits per heavy atom. The summed E-state index contributed by atoms with van der Waals surface area (Å²) >= 11 is 0. The highest BCUT2D eigenvalue weighted by Crippen LogP contribution is 2.22. The molecule has 0 fully saturated rings. The maximum Gasteiger partial charge on any atom is 0.224 e. The molecule has 0 unspecified atom stereocenters. The van der Waals surface area contributed by atoms with Crippen molar-refractivity contribution in [3.63, 3.8) is 0 Å². The molecule has 0 bridgehead atoms. The molecule has 0 atom stereocenters. The second kappa shape index (κ2) is 5.96. The molecule has 0 saturated heterocycles. The van der Waals surface area contributed by atoms with Crippen molar-refractivity contribution in [2.24, 2.45) is 5.73 Å². The van der Waals surface area contributed by atoms with Gasteiger partial charge in [-0.3, -0.25) is 4.79 Å². The predicted molar refractivity (Wildman–Crippen MR) is 84.5 cm³/mol. The first-order valence-corrected chi connectivity index (χ1v) is 7.11. The van der Waals surface area contributed by atoms with E-state index < -0.39 is 5.54 Å². The zero-order valence-corrected chi connectivity index (χ0v) is 13.7. The van der Waals surface area contributed by atoms with Crippen molar-refractivity contribution in [2.45, 2.75) is 58.5 Å². The topological polar surface area (TPSA) is 46.3 Å². The van der Waals surface area contributed by atoms with E-state index in [1.165, 1.54) is 5.56 Å². The molecular formula is C17H28N2O. The first-order valence-electron chi connectivity index (χ1n) is 7.11. The average molecular weight is 276 g/mol. The summed E-state index contributed by atoms with van der Waals surface area (Å²) in [6.07, 6.45) is 0.365. The molecule has 0 aliphatic rings. The average Bonchev–Trinajstić information content (AvgIpc) is 2.26. The minimum atomic E-state index is -0.457. The number of hydrogen-bond acceptors (Lipinski definition) is 2. The number of nitrogens with two attached hydrogens (primary N) is 1. The maximum absolute atomic E-state index is 12.0. The van der Waals surface area contributed by atoms with Gasteiger partial charge in [0.15, 0.2) is 0 Å². The van der Waals surface area contributed by atoms with Gasteiger partial charge in [0.05, 0.1) is 0 Å². The summed E-state index contributed by atoms with van der Waals surface area (Å²) in [5.41, 5.74) is 8.03. The fraction of sp³-hybridized carbons (Fsp3) is 0.588. The van der Waals surface area contributed by atoms with E-state index in [0.717, 1.165) is 5.56 Å². The monoisotopic (exact) mass is 276 g/mol. The number of benzene rings is 1. The minimum absolute atomic E-state index is 0.0809. The van der Waals surface area contributed by atoms with Crippen LogP contribution in [0.15, 0.2) is 24.3 Å². The number of hydrogen-bond donors (Lipinski definition) is 1. The molecule has 3 heteroatoms. The molecule has 0 spiro atoms. The number of carbonyl (C=O) groups is 1. The van der Waals surface area contributed by atoms with Gasteiger partial charge in [0.1, 0.15) is 0 Å². The second-order valence-electron chi connectivity index (χ2n) is 7.36. The fourth-order valence-electron chi connectivity index (χ4n) is 2.00. The minimum Gasteiger partial charge on any atom is -0.341 e. The Balaban J connectivity index is 2.67. The summed E-state index contributed by atoms with van der Waals surface area (Å²) in [6.45, 7) is 11.0. The molecule has 0 saturated carbocycles. The maximum atomic E-state index is 12.0. The van der Waals surface area contributed by atoms with E-state index in [9.17, 15) is 4.79 Å². The lowest BCUT2D eigenvalue weighted by Crippen LogP contribution is -2.39. The van der Waals surface area contributed by atoms with Crippen molar-refractivity contribution in [3.05, 3.63) is 35.4 Å². The first-order chi connectivity index (χ1) is 8.99. The van der Waals surface area contributed by atoms with Crippen LogP contribution in [-0.2, 0) is 16.8 Å². The molecule has 1 aromatic rings. The third-order valence-electron chi connectivity index (χ3n) is 3.27. The molecule has 0 aliphatic heterocycles. The molecule has 1 rings (SSSR count).